The van der Waals surface area contributed by atoms with Crippen molar-refractivity contribution in [3.05, 3.63) is 39.1 Å². The molecule has 2 aliphatic heterocycles. The van der Waals surface area contributed by atoms with Gasteiger partial charge in [0.05, 0.1) is 29.0 Å². The first kappa shape index (κ1) is 15.6. The Balaban J connectivity index is 1.74. The molecule has 5 nitrogen and oxygen atoms in total. The number of aryl methyl sites for hydroxylation is 1. The van der Waals surface area contributed by atoms with Gasteiger partial charge in [0, 0.05) is 36.1 Å². The number of fused-ring (bicyclic) bond motifs is 2. The highest BCUT2D eigenvalue weighted by Crippen LogP contribution is 2.51. The van der Waals surface area contributed by atoms with Gasteiger partial charge in [0.2, 0.25) is 0 Å². The smallest absolute Gasteiger partial charge is 0.106 e. The lowest BCUT2D eigenvalue weighted by Gasteiger charge is -2.46. The monoisotopic (exact) mass is 353 g/mol. The summed E-state index contributed by atoms with van der Waals surface area (Å²) in [6, 6.07) is 2.31. The first-order valence-electron chi connectivity index (χ1n) is 7.82. The highest BCUT2D eigenvalue weighted by Gasteiger charge is 2.48. The Hall–Kier alpha value is -0.920. The summed E-state index contributed by atoms with van der Waals surface area (Å²) in [5, 5.41) is 13.9. The number of nitrogens with zero attached hydrogens (tertiary/aromatic N) is 2. The zero-order valence-electron chi connectivity index (χ0n) is 13.1. The molecular weight excluding hydrogens is 334 g/mol. The van der Waals surface area contributed by atoms with Crippen LogP contribution in [0.2, 0.25) is 4.34 Å². The number of ether oxygens (including phenoxy) is 1. The Morgan fingerprint density at radius 1 is 1.52 bits per heavy atom. The van der Waals surface area contributed by atoms with Crippen LogP contribution in [0.1, 0.15) is 48.0 Å². The van der Waals surface area contributed by atoms with E-state index in [2.05, 4.69) is 17.2 Å². The molecule has 2 unspecified atom stereocenters. The average molecular weight is 354 g/mol. The number of hydrogen-bond donors (Lipinski definition) is 2. The molecule has 4 atom stereocenters. The molecule has 124 valence electrons. The minimum atomic E-state index is -0.585. The maximum absolute atomic E-state index is 10.2. The molecule has 1 spiro atoms. The maximum Gasteiger partial charge on any atom is 0.106 e. The molecule has 2 aliphatic rings. The number of nitrogens with one attached hydrogen (secondary N) is 1. The third-order valence-electron chi connectivity index (χ3n) is 4.76. The summed E-state index contributed by atoms with van der Waals surface area (Å²) >= 11 is 7.76. The van der Waals surface area contributed by atoms with Crippen molar-refractivity contribution in [2.75, 3.05) is 6.61 Å². The minimum absolute atomic E-state index is 0.129. The van der Waals surface area contributed by atoms with Crippen LogP contribution in [0, 0.1) is 0 Å². The summed E-state index contributed by atoms with van der Waals surface area (Å²) in [5.41, 5.74) is 1.57. The average Bonchev–Trinajstić information content (AvgIpc) is 3.10. The zero-order valence-corrected chi connectivity index (χ0v) is 14.7. The van der Waals surface area contributed by atoms with Crippen molar-refractivity contribution in [2.24, 2.45) is 7.05 Å². The van der Waals surface area contributed by atoms with Gasteiger partial charge in [0.1, 0.15) is 11.7 Å². The molecule has 2 N–H and O–H groups in total. The third kappa shape index (κ3) is 2.62. The first-order chi connectivity index (χ1) is 11.0. The number of hydrogen-bond acceptors (Lipinski definition) is 5. The molecule has 2 aromatic rings. The van der Waals surface area contributed by atoms with Gasteiger partial charge in [-0.25, -0.2) is 4.98 Å². The van der Waals surface area contributed by atoms with Crippen LogP contribution in [0.15, 0.2) is 18.6 Å². The molecular formula is C16H20ClN3O2S. The van der Waals surface area contributed by atoms with Gasteiger partial charge in [-0.1, -0.05) is 11.6 Å². The van der Waals surface area contributed by atoms with Gasteiger partial charge in [0.25, 0.3) is 0 Å². The number of imidazole rings is 1. The molecule has 0 radical (unpaired) electrons. The Bertz CT molecular complexity index is 731. The highest BCUT2D eigenvalue weighted by atomic mass is 35.5. The topological polar surface area (TPSA) is 59.3 Å². The van der Waals surface area contributed by atoms with Crippen molar-refractivity contribution >= 4 is 22.9 Å². The molecule has 1 fully saturated rings. The molecule has 0 amide bonds. The van der Waals surface area contributed by atoms with E-state index in [1.807, 2.05) is 30.2 Å². The standard InChI is InChI=1S/C16H20ClN3O2S/c1-9-4-16(5-11(19-9)12-6-20(2)8-18-12)15-10(3-14(17)23-15)13(21)7-22-16/h3,6,8-9,11,13,19,21H,4-5,7H2,1-2H3/t9-,11?,13-,16?/m0/s1. The van der Waals surface area contributed by atoms with Crippen molar-refractivity contribution in [1.82, 2.24) is 14.9 Å². The number of aliphatic hydroxyl groups excluding tert-OH is 1. The molecule has 4 heterocycles. The second kappa shape index (κ2) is 5.57. The largest absolute Gasteiger partial charge is 0.386 e. The second-order valence-electron chi connectivity index (χ2n) is 6.65. The van der Waals surface area contributed by atoms with Crippen molar-refractivity contribution in [3.8, 4) is 0 Å². The quantitative estimate of drug-likeness (QED) is 0.827. The van der Waals surface area contributed by atoms with Crippen LogP contribution in [0.5, 0.6) is 0 Å². The van der Waals surface area contributed by atoms with Gasteiger partial charge in [-0.15, -0.1) is 11.3 Å². The summed E-state index contributed by atoms with van der Waals surface area (Å²) in [4.78, 5) is 5.58. The van der Waals surface area contributed by atoms with Gasteiger partial charge in [0.15, 0.2) is 0 Å². The number of aliphatic hydroxyl groups is 1. The molecule has 0 saturated carbocycles. The molecule has 7 heteroatoms. The second-order valence-corrected chi connectivity index (χ2v) is 8.33. The number of rotatable bonds is 1. The Kier molecular flexibility index (Phi) is 3.77. The number of halogens is 1. The predicted octanol–water partition coefficient (Wildman–Crippen LogP) is 2.91. The highest BCUT2D eigenvalue weighted by molar-refractivity contribution is 7.16. The van der Waals surface area contributed by atoms with Crippen LogP contribution < -0.4 is 5.32 Å². The van der Waals surface area contributed by atoms with Crippen molar-refractivity contribution in [1.29, 1.82) is 0 Å². The summed E-state index contributed by atoms with van der Waals surface area (Å²) < 4.78 is 8.88. The Morgan fingerprint density at radius 2 is 2.35 bits per heavy atom. The van der Waals surface area contributed by atoms with Gasteiger partial charge >= 0.3 is 0 Å². The molecule has 0 aromatic carbocycles. The SMILES string of the molecule is C[C@H]1CC2(CC(c3cn(C)cn3)N1)OC[C@H](O)c1cc(Cl)sc12. The summed E-state index contributed by atoms with van der Waals surface area (Å²) in [5.74, 6) is 0. The van der Waals surface area contributed by atoms with Gasteiger partial charge < -0.3 is 19.7 Å². The fraction of sp³-hybridized carbons (Fsp3) is 0.562. The fourth-order valence-corrected chi connectivity index (χ4v) is 5.30. The Labute approximate surface area is 144 Å². The van der Waals surface area contributed by atoms with Crippen LogP contribution >= 0.6 is 22.9 Å². The fourth-order valence-electron chi connectivity index (χ4n) is 3.85. The lowest BCUT2D eigenvalue weighted by Crippen LogP contribution is -2.50. The number of thiophene rings is 1. The van der Waals surface area contributed by atoms with Crippen molar-refractivity contribution in [3.63, 3.8) is 0 Å². The van der Waals surface area contributed by atoms with E-state index in [4.69, 9.17) is 16.3 Å². The van der Waals surface area contributed by atoms with E-state index >= 15 is 0 Å². The number of piperidine rings is 1. The van der Waals surface area contributed by atoms with Gasteiger partial charge in [-0.3, -0.25) is 0 Å². The lowest BCUT2D eigenvalue weighted by molar-refractivity contribution is -0.129. The molecule has 1 saturated heterocycles. The molecule has 23 heavy (non-hydrogen) atoms. The zero-order chi connectivity index (χ0) is 16.2. The summed E-state index contributed by atoms with van der Waals surface area (Å²) in [7, 11) is 1.98. The first-order valence-corrected chi connectivity index (χ1v) is 9.02. The van der Waals surface area contributed by atoms with Gasteiger partial charge in [-0.05, 0) is 19.4 Å². The van der Waals surface area contributed by atoms with Crippen molar-refractivity contribution in [2.45, 2.75) is 43.6 Å². The van der Waals surface area contributed by atoms with Crippen LogP contribution in [-0.4, -0.2) is 27.3 Å². The molecule has 0 bridgehead atoms. The third-order valence-corrected chi connectivity index (χ3v) is 6.22. The molecule has 0 aliphatic carbocycles. The lowest BCUT2D eigenvalue weighted by atomic mass is 9.79. The number of aromatic nitrogens is 2. The summed E-state index contributed by atoms with van der Waals surface area (Å²) in [6.45, 7) is 2.49. The normalized spacial score (nSPS) is 33.8. The van der Waals surface area contributed by atoms with Crippen molar-refractivity contribution < 1.29 is 9.84 Å². The Morgan fingerprint density at radius 3 is 3.09 bits per heavy atom. The van der Waals surface area contributed by atoms with E-state index in [1.54, 1.807) is 0 Å². The van der Waals surface area contributed by atoms with E-state index in [-0.39, 0.29) is 11.6 Å². The van der Waals surface area contributed by atoms with E-state index in [0.29, 0.717) is 17.0 Å². The molecule has 2 aromatic heterocycles. The van der Waals surface area contributed by atoms with Crippen LogP contribution in [0.25, 0.3) is 0 Å². The summed E-state index contributed by atoms with van der Waals surface area (Å²) in [6.07, 6.45) is 4.95. The van der Waals surface area contributed by atoms with Crippen LogP contribution in [0.3, 0.4) is 0 Å². The minimum Gasteiger partial charge on any atom is -0.386 e. The predicted molar refractivity (Wildman–Crippen MR) is 89.7 cm³/mol. The molecule has 4 rings (SSSR count). The van der Waals surface area contributed by atoms with E-state index < -0.39 is 6.10 Å². The van der Waals surface area contributed by atoms with Gasteiger partial charge in [-0.2, -0.15) is 0 Å². The van der Waals surface area contributed by atoms with Crippen LogP contribution in [-0.2, 0) is 17.4 Å². The van der Waals surface area contributed by atoms with E-state index in [1.165, 1.54) is 11.3 Å². The van der Waals surface area contributed by atoms with E-state index in [9.17, 15) is 5.11 Å². The van der Waals surface area contributed by atoms with Crippen LogP contribution in [0.4, 0.5) is 0 Å². The van der Waals surface area contributed by atoms with E-state index in [0.717, 1.165) is 29.0 Å². The maximum atomic E-state index is 10.2.